The molecule has 0 saturated carbocycles. The van der Waals surface area contributed by atoms with Crippen LogP contribution in [0.15, 0.2) is 11.8 Å². The summed E-state index contributed by atoms with van der Waals surface area (Å²) in [6.07, 6.45) is 6.73. The summed E-state index contributed by atoms with van der Waals surface area (Å²) in [5.74, 6) is -2.09. The van der Waals surface area contributed by atoms with Gasteiger partial charge in [0, 0.05) is 19.6 Å². The predicted molar refractivity (Wildman–Crippen MR) is 98.7 cm³/mol. The lowest BCUT2D eigenvalue weighted by molar-refractivity contribution is -0.198. The van der Waals surface area contributed by atoms with Gasteiger partial charge in [-0.3, -0.25) is 0 Å². The monoisotopic (exact) mass is 423 g/mol. The SMILES string of the molecule is O=C[C@@H]1CCCN1OC=C(C(=O)ON1CCC[C@H]1C=O)C(=O)ON1CCC[C@H]1C=O. The van der Waals surface area contributed by atoms with Crippen LogP contribution in [0.3, 0.4) is 0 Å². The van der Waals surface area contributed by atoms with Crippen molar-refractivity contribution >= 4 is 30.8 Å². The third-order valence-corrected chi connectivity index (χ3v) is 5.36. The smallest absolute Gasteiger partial charge is 0.367 e. The molecule has 3 rings (SSSR count). The Hall–Kier alpha value is -2.63. The Kier molecular flexibility index (Phi) is 7.66. The molecule has 0 bridgehead atoms. The summed E-state index contributed by atoms with van der Waals surface area (Å²) in [6, 6.07) is -1.64. The summed E-state index contributed by atoms with van der Waals surface area (Å²) in [4.78, 5) is 74.6. The first-order valence-corrected chi connectivity index (χ1v) is 10.0. The molecule has 11 nitrogen and oxygen atoms in total. The van der Waals surface area contributed by atoms with Gasteiger partial charge in [-0.25, -0.2) is 9.59 Å². The molecule has 11 heteroatoms. The van der Waals surface area contributed by atoms with E-state index in [1.165, 1.54) is 15.2 Å². The molecule has 3 saturated heterocycles. The number of hydroxylamine groups is 6. The number of carbonyl (C=O) groups is 5. The van der Waals surface area contributed by atoms with E-state index in [9.17, 15) is 24.0 Å². The average Bonchev–Trinajstić information content (AvgIpc) is 3.48. The maximum Gasteiger partial charge on any atom is 0.367 e. The van der Waals surface area contributed by atoms with E-state index in [1.54, 1.807) is 0 Å². The van der Waals surface area contributed by atoms with Gasteiger partial charge in [-0.2, -0.15) is 0 Å². The number of nitrogens with zero attached hydrogens (tertiary/aromatic N) is 3. The number of hydrogen-bond acceptors (Lipinski definition) is 11. The van der Waals surface area contributed by atoms with Crippen molar-refractivity contribution in [3.8, 4) is 0 Å². The van der Waals surface area contributed by atoms with Crippen LogP contribution in [0.1, 0.15) is 38.5 Å². The van der Waals surface area contributed by atoms with Crippen molar-refractivity contribution < 1.29 is 38.5 Å². The Morgan fingerprint density at radius 3 is 1.50 bits per heavy atom. The highest BCUT2D eigenvalue weighted by atomic mass is 16.7. The normalized spacial score (nSPS) is 27.4. The summed E-state index contributed by atoms with van der Waals surface area (Å²) in [6.45, 7) is 1.17. The first kappa shape index (κ1) is 22.1. The van der Waals surface area contributed by atoms with Gasteiger partial charge in [0.15, 0.2) is 5.57 Å². The Labute approximate surface area is 173 Å². The van der Waals surface area contributed by atoms with E-state index in [-0.39, 0.29) is 0 Å². The van der Waals surface area contributed by atoms with E-state index in [0.29, 0.717) is 64.3 Å². The minimum absolute atomic E-state index is 0.358. The molecule has 0 amide bonds. The zero-order valence-electron chi connectivity index (χ0n) is 16.5. The van der Waals surface area contributed by atoms with Gasteiger partial charge in [-0.05, 0) is 38.5 Å². The second kappa shape index (κ2) is 10.4. The van der Waals surface area contributed by atoms with Crippen LogP contribution in [0, 0.1) is 0 Å². The highest BCUT2D eigenvalue weighted by Gasteiger charge is 2.35. The van der Waals surface area contributed by atoms with Crippen molar-refractivity contribution in [1.82, 2.24) is 15.2 Å². The van der Waals surface area contributed by atoms with Crippen molar-refractivity contribution in [2.24, 2.45) is 0 Å². The van der Waals surface area contributed by atoms with E-state index >= 15 is 0 Å². The third-order valence-electron chi connectivity index (χ3n) is 5.36. The van der Waals surface area contributed by atoms with E-state index < -0.39 is 35.6 Å². The van der Waals surface area contributed by atoms with Gasteiger partial charge in [-0.1, -0.05) is 0 Å². The summed E-state index contributed by atoms with van der Waals surface area (Å²) in [7, 11) is 0. The largest absolute Gasteiger partial charge is 0.412 e. The van der Waals surface area contributed by atoms with Gasteiger partial charge in [-0.15, -0.1) is 15.2 Å². The van der Waals surface area contributed by atoms with Crippen LogP contribution in [0.4, 0.5) is 0 Å². The van der Waals surface area contributed by atoms with Crippen LogP contribution in [0.5, 0.6) is 0 Å². The Bertz CT molecular complexity index is 670. The summed E-state index contributed by atoms with van der Waals surface area (Å²) < 4.78 is 0. The van der Waals surface area contributed by atoms with Gasteiger partial charge in [0.25, 0.3) is 0 Å². The molecule has 0 aromatic heterocycles. The lowest BCUT2D eigenvalue weighted by atomic mass is 10.2. The molecule has 164 valence electrons. The molecular formula is C19H25N3O8. The van der Waals surface area contributed by atoms with Crippen molar-refractivity contribution in [2.75, 3.05) is 19.6 Å². The predicted octanol–water partition coefficient (Wildman–Crippen LogP) is -0.292. The molecule has 3 aliphatic heterocycles. The molecule has 0 radical (unpaired) electrons. The zero-order chi connectivity index (χ0) is 21.5. The lowest BCUT2D eigenvalue weighted by Crippen LogP contribution is -2.38. The Balaban J connectivity index is 1.73. The van der Waals surface area contributed by atoms with Crippen molar-refractivity contribution in [3.05, 3.63) is 11.8 Å². The lowest BCUT2D eigenvalue weighted by Gasteiger charge is -2.22. The average molecular weight is 423 g/mol. The van der Waals surface area contributed by atoms with Crippen LogP contribution in [0.25, 0.3) is 0 Å². The second-order valence-corrected chi connectivity index (χ2v) is 7.35. The van der Waals surface area contributed by atoms with E-state index in [2.05, 4.69) is 0 Å². The molecule has 0 spiro atoms. The molecule has 0 aromatic rings. The van der Waals surface area contributed by atoms with E-state index in [0.717, 1.165) is 19.0 Å². The van der Waals surface area contributed by atoms with Crippen molar-refractivity contribution in [1.29, 1.82) is 0 Å². The van der Waals surface area contributed by atoms with Gasteiger partial charge >= 0.3 is 11.9 Å². The molecule has 0 unspecified atom stereocenters. The Morgan fingerprint density at radius 2 is 1.07 bits per heavy atom. The number of carbonyl (C=O) groups excluding carboxylic acids is 5. The fourth-order valence-corrected chi connectivity index (χ4v) is 3.67. The van der Waals surface area contributed by atoms with Gasteiger partial charge in [0.2, 0.25) is 0 Å². The van der Waals surface area contributed by atoms with Gasteiger partial charge < -0.3 is 28.9 Å². The van der Waals surface area contributed by atoms with Crippen LogP contribution in [-0.4, -0.2) is 83.7 Å². The molecule has 0 N–H and O–H groups in total. The number of hydrogen-bond donors (Lipinski definition) is 0. The first-order valence-electron chi connectivity index (χ1n) is 10.0. The van der Waals surface area contributed by atoms with Gasteiger partial charge in [0.05, 0.1) is 0 Å². The maximum atomic E-state index is 12.7. The fraction of sp³-hybridized carbons (Fsp3) is 0.632. The van der Waals surface area contributed by atoms with E-state index in [1.807, 2.05) is 0 Å². The molecule has 0 aliphatic carbocycles. The molecule has 30 heavy (non-hydrogen) atoms. The van der Waals surface area contributed by atoms with Crippen LogP contribution < -0.4 is 0 Å². The zero-order valence-corrected chi connectivity index (χ0v) is 16.5. The molecule has 3 aliphatic rings. The first-order chi connectivity index (χ1) is 14.6. The quantitative estimate of drug-likeness (QED) is 0.160. The minimum atomic E-state index is -1.04. The summed E-state index contributed by atoms with van der Waals surface area (Å²) in [5, 5.41) is 3.79. The standard InChI is InChI=1S/C19H25N3O8/c23-10-14-4-1-7-20(14)28-13-17(18(26)29-21-8-2-5-15(21)11-24)19(27)30-22-9-3-6-16(22)12-25/h10-16H,1-9H2/t14-,15-,16-/m0/s1. The van der Waals surface area contributed by atoms with Crippen LogP contribution in [-0.2, 0) is 38.5 Å². The van der Waals surface area contributed by atoms with E-state index in [4.69, 9.17) is 14.5 Å². The van der Waals surface area contributed by atoms with Crippen LogP contribution in [0.2, 0.25) is 0 Å². The number of aldehydes is 3. The summed E-state index contributed by atoms with van der Waals surface area (Å²) >= 11 is 0. The highest BCUT2D eigenvalue weighted by Crippen LogP contribution is 2.21. The third kappa shape index (κ3) is 5.10. The van der Waals surface area contributed by atoms with Gasteiger partial charge in [0.1, 0.15) is 43.2 Å². The second-order valence-electron chi connectivity index (χ2n) is 7.35. The molecule has 0 aromatic carbocycles. The summed E-state index contributed by atoms with van der Waals surface area (Å²) in [5.41, 5.74) is -0.542. The number of rotatable bonds is 9. The molecule has 3 heterocycles. The molecule has 3 atom stereocenters. The Morgan fingerprint density at radius 1 is 0.667 bits per heavy atom. The highest BCUT2D eigenvalue weighted by molar-refractivity contribution is 6.13. The molecule has 3 fully saturated rings. The molecular weight excluding hydrogens is 398 g/mol. The van der Waals surface area contributed by atoms with Crippen molar-refractivity contribution in [3.63, 3.8) is 0 Å². The maximum absolute atomic E-state index is 12.7. The van der Waals surface area contributed by atoms with Crippen LogP contribution >= 0.6 is 0 Å². The fourth-order valence-electron chi connectivity index (χ4n) is 3.67. The minimum Gasteiger partial charge on any atom is -0.412 e. The van der Waals surface area contributed by atoms with Crippen molar-refractivity contribution in [2.45, 2.75) is 56.7 Å². The topological polar surface area (TPSA) is 123 Å².